The molecule has 2 aliphatic rings. The largest absolute Gasteiger partial charge is 0.363 e. The molecule has 1 aromatic heterocycles. The first-order valence-corrected chi connectivity index (χ1v) is 9.22. The highest BCUT2D eigenvalue weighted by Crippen LogP contribution is 2.36. The lowest BCUT2D eigenvalue weighted by Gasteiger charge is -2.52. The molecule has 6 heteroatoms. The summed E-state index contributed by atoms with van der Waals surface area (Å²) in [6.07, 6.45) is 0.672. The van der Waals surface area contributed by atoms with Crippen molar-refractivity contribution in [2.24, 2.45) is 0 Å². The molecule has 2 aromatic rings. The number of para-hydroxylation sites is 1. The highest BCUT2D eigenvalue weighted by molar-refractivity contribution is 5.97. The number of amides is 2. The molecule has 6 nitrogen and oxygen atoms in total. The number of anilines is 1. The van der Waals surface area contributed by atoms with E-state index < -0.39 is 5.60 Å². The maximum absolute atomic E-state index is 13.0. The predicted octanol–water partition coefficient (Wildman–Crippen LogP) is 2.43. The van der Waals surface area contributed by atoms with Gasteiger partial charge in [0.1, 0.15) is 12.3 Å². The molecule has 27 heavy (non-hydrogen) atoms. The van der Waals surface area contributed by atoms with Crippen LogP contribution in [0.5, 0.6) is 0 Å². The van der Waals surface area contributed by atoms with Crippen LogP contribution < -0.4 is 4.90 Å². The molecule has 0 spiro atoms. The zero-order valence-electron chi connectivity index (χ0n) is 15.6. The number of carbonyl (C=O) groups is 2. The molecule has 2 aliphatic heterocycles. The van der Waals surface area contributed by atoms with Gasteiger partial charge in [-0.05, 0) is 44.5 Å². The van der Waals surface area contributed by atoms with Crippen molar-refractivity contribution in [2.45, 2.75) is 31.9 Å². The summed E-state index contributed by atoms with van der Waals surface area (Å²) >= 11 is 0. The van der Waals surface area contributed by atoms with Gasteiger partial charge in [-0.3, -0.25) is 9.59 Å². The van der Waals surface area contributed by atoms with E-state index >= 15 is 0 Å². The minimum absolute atomic E-state index is 0.0648. The van der Waals surface area contributed by atoms with Crippen molar-refractivity contribution < 1.29 is 14.3 Å². The number of morpholine rings is 1. The lowest BCUT2D eigenvalue weighted by Crippen LogP contribution is -2.68. The van der Waals surface area contributed by atoms with Crippen molar-refractivity contribution in [3.05, 3.63) is 59.9 Å². The number of likely N-dealkylation sites (tertiary alicyclic amines) is 1. The number of hydrogen-bond acceptors (Lipinski definition) is 4. The second-order valence-electron chi connectivity index (χ2n) is 7.38. The van der Waals surface area contributed by atoms with Gasteiger partial charge in [0.25, 0.3) is 11.8 Å². The Bertz CT molecular complexity index is 870. The molecule has 4 rings (SSSR count). The Balaban J connectivity index is 1.64. The van der Waals surface area contributed by atoms with E-state index in [1.165, 1.54) is 0 Å². The van der Waals surface area contributed by atoms with Gasteiger partial charge in [-0.1, -0.05) is 24.3 Å². The zero-order chi connectivity index (χ0) is 19.0. The minimum atomic E-state index is -0.472. The number of ether oxygens (including phenoxy) is 1. The Morgan fingerprint density at radius 2 is 1.96 bits per heavy atom. The Hall–Kier alpha value is -2.73. The summed E-state index contributed by atoms with van der Waals surface area (Å²) < 4.78 is 5.94. The first-order chi connectivity index (χ1) is 13.0. The van der Waals surface area contributed by atoms with Gasteiger partial charge in [0.2, 0.25) is 0 Å². The molecule has 2 amide bonds. The van der Waals surface area contributed by atoms with Crippen LogP contribution in [0.3, 0.4) is 0 Å². The molecule has 0 bridgehead atoms. The number of fused-ring (bicyclic) bond motifs is 1. The molecular weight excluding hydrogens is 342 g/mol. The van der Waals surface area contributed by atoms with Crippen LogP contribution in [0.25, 0.3) is 0 Å². The fourth-order valence-electron chi connectivity index (χ4n) is 3.93. The Kier molecular flexibility index (Phi) is 4.44. The number of nitrogens with zero attached hydrogens (tertiary/aromatic N) is 3. The highest BCUT2D eigenvalue weighted by atomic mass is 16.5. The highest BCUT2D eigenvalue weighted by Gasteiger charge is 2.50. The standard InChI is InChI=1S/C21H23N3O3/c1-15-7-6-10-17(22-15)20(26)23-12-11-21(2)18(13-23)24(19(25)14-27-21)16-8-4-3-5-9-16/h3-10,18H,11-14H2,1-2H3/t18-,21-/m1/s1. The summed E-state index contributed by atoms with van der Waals surface area (Å²) in [7, 11) is 0. The van der Waals surface area contributed by atoms with Crippen LogP contribution in [-0.4, -0.2) is 53.0 Å². The van der Waals surface area contributed by atoms with E-state index in [1.54, 1.807) is 15.9 Å². The van der Waals surface area contributed by atoms with Crippen molar-refractivity contribution in [2.75, 3.05) is 24.6 Å². The molecule has 0 radical (unpaired) electrons. The third-order valence-electron chi connectivity index (χ3n) is 5.51. The van der Waals surface area contributed by atoms with Gasteiger partial charge in [-0.25, -0.2) is 4.98 Å². The molecule has 0 N–H and O–H groups in total. The fourth-order valence-corrected chi connectivity index (χ4v) is 3.93. The van der Waals surface area contributed by atoms with Gasteiger partial charge in [0, 0.05) is 24.5 Å². The van der Waals surface area contributed by atoms with Gasteiger partial charge in [-0.15, -0.1) is 0 Å². The number of pyridine rings is 1. The van der Waals surface area contributed by atoms with E-state index in [1.807, 2.05) is 56.3 Å². The van der Waals surface area contributed by atoms with E-state index in [0.717, 1.165) is 11.4 Å². The maximum Gasteiger partial charge on any atom is 0.272 e. The van der Waals surface area contributed by atoms with Crippen LogP contribution in [0.1, 0.15) is 29.5 Å². The second kappa shape index (κ2) is 6.78. The van der Waals surface area contributed by atoms with Crippen molar-refractivity contribution in [3.8, 4) is 0 Å². The fraction of sp³-hybridized carbons (Fsp3) is 0.381. The molecule has 2 saturated heterocycles. The van der Waals surface area contributed by atoms with Crippen molar-refractivity contribution >= 4 is 17.5 Å². The SMILES string of the molecule is Cc1cccc(C(=O)N2CC[C@@]3(C)OCC(=O)N(c4ccccc4)[C@@H]3C2)n1. The van der Waals surface area contributed by atoms with Crippen LogP contribution in [0.15, 0.2) is 48.5 Å². The van der Waals surface area contributed by atoms with Crippen molar-refractivity contribution in [3.63, 3.8) is 0 Å². The lowest BCUT2D eigenvalue weighted by atomic mass is 9.85. The summed E-state index contributed by atoms with van der Waals surface area (Å²) in [5.41, 5.74) is 1.61. The van der Waals surface area contributed by atoms with Gasteiger partial charge in [-0.2, -0.15) is 0 Å². The maximum atomic E-state index is 13.0. The van der Waals surface area contributed by atoms with Gasteiger partial charge in [0.15, 0.2) is 0 Å². The van der Waals surface area contributed by atoms with Gasteiger partial charge < -0.3 is 14.5 Å². The van der Waals surface area contributed by atoms with E-state index in [9.17, 15) is 9.59 Å². The third kappa shape index (κ3) is 3.21. The van der Waals surface area contributed by atoms with E-state index in [0.29, 0.717) is 25.2 Å². The number of piperidine rings is 1. The average Bonchev–Trinajstić information content (AvgIpc) is 2.68. The molecule has 0 unspecified atom stereocenters. The summed E-state index contributed by atoms with van der Waals surface area (Å²) in [6.45, 7) is 4.97. The quantitative estimate of drug-likeness (QED) is 0.820. The van der Waals surface area contributed by atoms with Crippen LogP contribution in [0.2, 0.25) is 0 Å². The van der Waals surface area contributed by atoms with Crippen LogP contribution in [0, 0.1) is 6.92 Å². The van der Waals surface area contributed by atoms with Gasteiger partial charge in [0.05, 0.1) is 11.6 Å². The normalized spacial score (nSPS) is 25.3. The summed E-state index contributed by atoms with van der Waals surface area (Å²) in [5, 5.41) is 0. The zero-order valence-corrected chi connectivity index (χ0v) is 15.6. The first-order valence-electron chi connectivity index (χ1n) is 9.22. The number of carbonyl (C=O) groups excluding carboxylic acids is 2. The Morgan fingerprint density at radius 1 is 1.19 bits per heavy atom. The number of aryl methyl sites for hydroxylation is 1. The van der Waals surface area contributed by atoms with Crippen LogP contribution in [-0.2, 0) is 9.53 Å². The summed E-state index contributed by atoms with van der Waals surface area (Å²) in [6, 6.07) is 14.8. The predicted molar refractivity (Wildman–Crippen MR) is 102 cm³/mol. The van der Waals surface area contributed by atoms with Crippen molar-refractivity contribution in [1.82, 2.24) is 9.88 Å². The first kappa shape index (κ1) is 17.7. The van der Waals surface area contributed by atoms with Gasteiger partial charge >= 0.3 is 0 Å². The average molecular weight is 365 g/mol. The molecular formula is C21H23N3O3. The number of benzene rings is 1. The Labute approximate surface area is 158 Å². The van der Waals surface area contributed by atoms with E-state index in [2.05, 4.69) is 4.98 Å². The molecule has 0 saturated carbocycles. The topological polar surface area (TPSA) is 62.7 Å². The van der Waals surface area contributed by atoms with Crippen LogP contribution >= 0.6 is 0 Å². The second-order valence-corrected chi connectivity index (χ2v) is 7.38. The molecule has 1 aromatic carbocycles. The van der Waals surface area contributed by atoms with E-state index in [-0.39, 0.29) is 24.5 Å². The minimum Gasteiger partial charge on any atom is -0.363 e. The molecule has 2 atom stereocenters. The summed E-state index contributed by atoms with van der Waals surface area (Å²) in [5.74, 6) is -0.182. The van der Waals surface area contributed by atoms with Crippen molar-refractivity contribution in [1.29, 1.82) is 0 Å². The molecule has 3 heterocycles. The van der Waals surface area contributed by atoms with E-state index in [4.69, 9.17) is 4.74 Å². The Morgan fingerprint density at radius 3 is 2.70 bits per heavy atom. The molecule has 2 fully saturated rings. The summed E-state index contributed by atoms with van der Waals surface area (Å²) in [4.78, 5) is 33.6. The lowest BCUT2D eigenvalue weighted by molar-refractivity contribution is -0.149. The van der Waals surface area contributed by atoms with Crippen LogP contribution in [0.4, 0.5) is 5.69 Å². The smallest absolute Gasteiger partial charge is 0.272 e. The number of aromatic nitrogens is 1. The number of rotatable bonds is 2. The molecule has 140 valence electrons. The third-order valence-corrected chi connectivity index (χ3v) is 5.51. The molecule has 0 aliphatic carbocycles. The monoisotopic (exact) mass is 365 g/mol. The number of hydrogen-bond donors (Lipinski definition) is 0.